The van der Waals surface area contributed by atoms with Crippen LogP contribution in [-0.4, -0.2) is 37.2 Å². The Labute approximate surface area is 414 Å². The van der Waals surface area contributed by atoms with Crippen LogP contribution >= 0.6 is 0 Å². The van der Waals surface area contributed by atoms with Crippen molar-refractivity contribution in [2.24, 2.45) is 0 Å². The van der Waals surface area contributed by atoms with Crippen molar-refractivity contribution < 1.29 is 28.6 Å². The molecule has 386 valence electrons. The second-order valence-electron chi connectivity index (χ2n) is 18.8. The first-order valence-corrected chi connectivity index (χ1v) is 28.4. The molecule has 6 heteroatoms. The van der Waals surface area contributed by atoms with Crippen molar-refractivity contribution in [2.45, 2.75) is 284 Å². The SMILES string of the molecule is CCC/C=C\C/C=C\CCCCCCCC(=O)OC(COC(=O)CCCCCCC/C=C\CCCCCC)COC(=O)CCCCCCCCCC/C=C\C/C=C\C/C=C\CCCCCCC. The number of hydrogen-bond acceptors (Lipinski definition) is 6. The molecule has 0 heterocycles. The summed E-state index contributed by atoms with van der Waals surface area (Å²) in [6, 6.07) is 0. The number of hydrogen-bond donors (Lipinski definition) is 0. The van der Waals surface area contributed by atoms with E-state index in [9.17, 15) is 14.4 Å². The van der Waals surface area contributed by atoms with Crippen LogP contribution in [0.25, 0.3) is 0 Å². The highest BCUT2D eigenvalue weighted by atomic mass is 16.6. The van der Waals surface area contributed by atoms with Gasteiger partial charge >= 0.3 is 17.9 Å². The van der Waals surface area contributed by atoms with E-state index in [4.69, 9.17) is 14.2 Å². The minimum Gasteiger partial charge on any atom is -0.462 e. The smallest absolute Gasteiger partial charge is 0.306 e. The standard InChI is InChI=1S/C61H106O6/c1-4-7-10-13-16-19-22-25-26-27-28-29-30-31-32-33-34-37-39-42-45-48-51-54-60(63)66-57-58(67-61(64)55-52-49-46-43-40-36-24-21-18-15-12-9-6-3)56-65-59(62)53-50-47-44-41-38-35-23-20-17-14-11-8-5-2/h12,15,20-25,27-28,30-31,58H,4-11,13-14,16-19,26,29,32-57H2,1-3H3/b15-12-,23-20-,24-21-,25-22-,28-27-,31-30-. The van der Waals surface area contributed by atoms with Crippen LogP contribution in [0.5, 0.6) is 0 Å². The van der Waals surface area contributed by atoms with Gasteiger partial charge in [0.1, 0.15) is 13.2 Å². The van der Waals surface area contributed by atoms with Gasteiger partial charge in [0, 0.05) is 19.3 Å². The zero-order chi connectivity index (χ0) is 48.6. The van der Waals surface area contributed by atoms with Gasteiger partial charge in [0.15, 0.2) is 6.10 Å². The topological polar surface area (TPSA) is 78.9 Å². The number of ether oxygens (including phenoxy) is 3. The number of carbonyl (C=O) groups is 3. The van der Waals surface area contributed by atoms with Gasteiger partial charge in [-0.15, -0.1) is 0 Å². The average molecular weight is 936 g/mol. The van der Waals surface area contributed by atoms with E-state index in [2.05, 4.69) is 93.7 Å². The predicted molar refractivity (Wildman–Crippen MR) is 288 cm³/mol. The summed E-state index contributed by atoms with van der Waals surface area (Å²) in [6.45, 7) is 6.53. The first kappa shape index (κ1) is 63.8. The van der Waals surface area contributed by atoms with Crippen LogP contribution in [0.2, 0.25) is 0 Å². The van der Waals surface area contributed by atoms with Crippen molar-refractivity contribution in [3.63, 3.8) is 0 Å². The highest BCUT2D eigenvalue weighted by molar-refractivity contribution is 5.71. The number of allylic oxidation sites excluding steroid dienone is 12. The van der Waals surface area contributed by atoms with Gasteiger partial charge in [-0.25, -0.2) is 0 Å². The predicted octanol–water partition coefficient (Wildman–Crippen LogP) is 19.0. The molecule has 0 aromatic rings. The van der Waals surface area contributed by atoms with Crippen LogP contribution in [0, 0.1) is 0 Å². The Morgan fingerprint density at radius 3 is 0.925 bits per heavy atom. The Bertz CT molecular complexity index is 1260. The van der Waals surface area contributed by atoms with Gasteiger partial charge in [-0.05, 0) is 109 Å². The average Bonchev–Trinajstić information content (AvgIpc) is 3.33. The second kappa shape index (κ2) is 55.4. The lowest BCUT2D eigenvalue weighted by molar-refractivity contribution is -0.167. The normalized spacial score (nSPS) is 12.6. The number of unbranched alkanes of at least 4 members (excludes halogenated alkanes) is 28. The first-order chi connectivity index (χ1) is 33.0. The maximum atomic E-state index is 12.8. The zero-order valence-electron chi connectivity index (χ0n) is 44.2. The fourth-order valence-corrected chi connectivity index (χ4v) is 7.83. The van der Waals surface area contributed by atoms with Crippen LogP contribution in [0.1, 0.15) is 278 Å². The Hall–Kier alpha value is -3.15. The molecular weight excluding hydrogens is 829 g/mol. The Morgan fingerprint density at radius 1 is 0.299 bits per heavy atom. The molecule has 0 amide bonds. The summed E-state index contributed by atoms with van der Waals surface area (Å²) >= 11 is 0. The minimum atomic E-state index is -0.789. The molecule has 0 aromatic heterocycles. The molecule has 0 aliphatic heterocycles. The number of carbonyl (C=O) groups excluding carboxylic acids is 3. The molecule has 0 saturated heterocycles. The van der Waals surface area contributed by atoms with Crippen LogP contribution < -0.4 is 0 Å². The minimum absolute atomic E-state index is 0.0875. The van der Waals surface area contributed by atoms with Gasteiger partial charge in [-0.3, -0.25) is 14.4 Å². The van der Waals surface area contributed by atoms with Crippen molar-refractivity contribution in [2.75, 3.05) is 13.2 Å². The number of esters is 3. The molecule has 0 radical (unpaired) electrons. The summed E-state index contributed by atoms with van der Waals surface area (Å²) in [5, 5.41) is 0. The molecule has 0 aliphatic rings. The van der Waals surface area contributed by atoms with Crippen molar-refractivity contribution in [3.8, 4) is 0 Å². The molecule has 0 bridgehead atoms. The Morgan fingerprint density at radius 2 is 0.567 bits per heavy atom. The molecule has 1 unspecified atom stereocenters. The lowest BCUT2D eigenvalue weighted by atomic mass is 10.1. The van der Waals surface area contributed by atoms with Crippen molar-refractivity contribution in [3.05, 3.63) is 72.9 Å². The zero-order valence-corrected chi connectivity index (χ0v) is 44.2. The summed E-state index contributed by atoms with van der Waals surface area (Å²) < 4.78 is 16.8. The maximum Gasteiger partial charge on any atom is 0.306 e. The van der Waals surface area contributed by atoms with Crippen LogP contribution in [0.3, 0.4) is 0 Å². The van der Waals surface area contributed by atoms with E-state index in [-0.39, 0.29) is 31.1 Å². The summed E-state index contributed by atoms with van der Waals surface area (Å²) in [7, 11) is 0. The highest BCUT2D eigenvalue weighted by Crippen LogP contribution is 2.14. The molecule has 0 N–H and O–H groups in total. The molecule has 6 nitrogen and oxygen atoms in total. The van der Waals surface area contributed by atoms with Crippen molar-refractivity contribution >= 4 is 17.9 Å². The van der Waals surface area contributed by atoms with Gasteiger partial charge in [-0.1, -0.05) is 222 Å². The van der Waals surface area contributed by atoms with Gasteiger partial charge in [0.05, 0.1) is 0 Å². The monoisotopic (exact) mass is 935 g/mol. The lowest BCUT2D eigenvalue weighted by Crippen LogP contribution is -2.30. The third-order valence-corrected chi connectivity index (χ3v) is 12.1. The quantitative estimate of drug-likeness (QED) is 0.0262. The number of rotatable bonds is 51. The van der Waals surface area contributed by atoms with E-state index in [0.29, 0.717) is 19.3 Å². The van der Waals surface area contributed by atoms with E-state index in [1.54, 1.807) is 0 Å². The summed E-state index contributed by atoms with van der Waals surface area (Å²) in [6.07, 6.45) is 70.3. The van der Waals surface area contributed by atoms with E-state index in [1.807, 2.05) is 0 Å². The van der Waals surface area contributed by atoms with E-state index < -0.39 is 6.10 Å². The van der Waals surface area contributed by atoms with E-state index in [0.717, 1.165) is 116 Å². The molecule has 0 spiro atoms. The third kappa shape index (κ3) is 53.7. The lowest BCUT2D eigenvalue weighted by Gasteiger charge is -2.18. The van der Waals surface area contributed by atoms with E-state index in [1.165, 1.54) is 122 Å². The summed E-state index contributed by atoms with van der Waals surface area (Å²) in [5.74, 6) is -0.912. The molecular formula is C61H106O6. The Balaban J connectivity index is 4.33. The fourth-order valence-electron chi connectivity index (χ4n) is 7.83. The highest BCUT2D eigenvalue weighted by Gasteiger charge is 2.19. The van der Waals surface area contributed by atoms with Crippen LogP contribution in [-0.2, 0) is 28.6 Å². The van der Waals surface area contributed by atoms with Crippen LogP contribution in [0.4, 0.5) is 0 Å². The van der Waals surface area contributed by atoms with Gasteiger partial charge < -0.3 is 14.2 Å². The van der Waals surface area contributed by atoms with E-state index >= 15 is 0 Å². The molecule has 67 heavy (non-hydrogen) atoms. The van der Waals surface area contributed by atoms with Gasteiger partial charge in [-0.2, -0.15) is 0 Å². The van der Waals surface area contributed by atoms with Crippen LogP contribution in [0.15, 0.2) is 72.9 Å². The Kier molecular flexibility index (Phi) is 52.8. The van der Waals surface area contributed by atoms with Gasteiger partial charge in [0.25, 0.3) is 0 Å². The molecule has 1 atom stereocenters. The molecule has 0 rings (SSSR count). The maximum absolute atomic E-state index is 12.8. The summed E-state index contributed by atoms with van der Waals surface area (Å²) in [4.78, 5) is 38.1. The largest absolute Gasteiger partial charge is 0.462 e. The fraction of sp³-hybridized carbons (Fsp3) is 0.754. The van der Waals surface area contributed by atoms with Crippen molar-refractivity contribution in [1.29, 1.82) is 0 Å². The van der Waals surface area contributed by atoms with Gasteiger partial charge in [0.2, 0.25) is 0 Å². The second-order valence-corrected chi connectivity index (χ2v) is 18.8. The molecule has 0 aliphatic carbocycles. The molecule has 0 aromatic carbocycles. The molecule has 0 saturated carbocycles. The van der Waals surface area contributed by atoms with Crippen molar-refractivity contribution in [1.82, 2.24) is 0 Å². The summed E-state index contributed by atoms with van der Waals surface area (Å²) in [5.41, 5.74) is 0. The third-order valence-electron chi connectivity index (χ3n) is 12.1. The molecule has 0 fully saturated rings. The first-order valence-electron chi connectivity index (χ1n) is 28.4.